The fourth-order valence-electron chi connectivity index (χ4n) is 11.5. The van der Waals surface area contributed by atoms with E-state index in [9.17, 15) is 0 Å². The minimum Gasteiger partial charge on any atom is -0.310 e. The molecule has 294 valence electrons. The Morgan fingerprint density at radius 2 is 1.18 bits per heavy atom. The van der Waals surface area contributed by atoms with Gasteiger partial charge in [-0.2, -0.15) is 0 Å². The first-order chi connectivity index (χ1) is 29.2. The number of anilines is 3. The molecule has 2 fully saturated rings. The highest BCUT2D eigenvalue weighted by atomic mass is 15.1. The molecule has 60 heavy (non-hydrogen) atoms. The monoisotopic (exact) mass is 776 g/mol. The largest absolute Gasteiger partial charge is 0.310 e. The van der Waals surface area contributed by atoms with Crippen molar-refractivity contribution in [1.29, 1.82) is 0 Å². The number of nitrogens with zero attached hydrogens (tertiary/aromatic N) is 2. The van der Waals surface area contributed by atoms with Gasteiger partial charge < -0.3 is 4.90 Å². The van der Waals surface area contributed by atoms with Gasteiger partial charge in [0.15, 0.2) is 0 Å². The predicted octanol–water partition coefficient (Wildman–Crippen LogP) is 15.8. The third-order valence-corrected chi connectivity index (χ3v) is 14.6. The van der Waals surface area contributed by atoms with Crippen LogP contribution >= 0.6 is 0 Å². The van der Waals surface area contributed by atoms with Crippen LogP contribution in [0.3, 0.4) is 0 Å². The van der Waals surface area contributed by atoms with Crippen LogP contribution in [0.5, 0.6) is 0 Å². The van der Waals surface area contributed by atoms with Gasteiger partial charge in [0.2, 0.25) is 0 Å². The number of rotatable bonds is 7. The molecule has 0 radical (unpaired) electrons. The van der Waals surface area contributed by atoms with Gasteiger partial charge in [-0.3, -0.25) is 4.98 Å². The number of pyridine rings is 1. The highest BCUT2D eigenvalue weighted by Gasteiger charge is 2.40. The quantitative estimate of drug-likeness (QED) is 0.160. The summed E-state index contributed by atoms with van der Waals surface area (Å²) in [5.41, 5.74) is 22.9. The molecule has 0 aliphatic heterocycles. The lowest BCUT2D eigenvalue weighted by Gasteiger charge is -2.28. The maximum Gasteiger partial charge on any atom is 0.0702 e. The van der Waals surface area contributed by atoms with E-state index in [4.69, 9.17) is 0 Å². The lowest BCUT2D eigenvalue weighted by molar-refractivity contribution is 0.420. The van der Waals surface area contributed by atoms with Gasteiger partial charge in [0.05, 0.1) is 5.52 Å². The first kappa shape index (κ1) is 36.8. The maximum absolute atomic E-state index is 4.54. The van der Waals surface area contributed by atoms with E-state index in [-0.39, 0.29) is 5.41 Å². The van der Waals surface area contributed by atoms with Crippen molar-refractivity contribution in [2.75, 3.05) is 4.90 Å². The van der Waals surface area contributed by atoms with E-state index < -0.39 is 0 Å². The first-order valence-corrected chi connectivity index (χ1v) is 22.0. The van der Waals surface area contributed by atoms with Gasteiger partial charge in [-0.15, -0.1) is 0 Å². The van der Waals surface area contributed by atoms with Gasteiger partial charge in [0.25, 0.3) is 0 Å². The smallest absolute Gasteiger partial charge is 0.0702 e. The average molecular weight is 777 g/mol. The summed E-state index contributed by atoms with van der Waals surface area (Å²) in [4.78, 5) is 6.97. The maximum atomic E-state index is 4.54. The second-order valence-electron chi connectivity index (χ2n) is 18.6. The van der Waals surface area contributed by atoms with E-state index in [1.54, 1.807) is 5.56 Å². The first-order valence-electron chi connectivity index (χ1n) is 22.0. The lowest BCUT2D eigenvalue weighted by atomic mass is 9.82. The predicted molar refractivity (Wildman–Crippen MR) is 253 cm³/mol. The molecular weight excluding hydrogens is 725 g/mol. The molecule has 8 aromatic rings. The molecule has 3 unspecified atom stereocenters. The molecular formula is C58H52N2. The van der Waals surface area contributed by atoms with Crippen LogP contribution < -0.4 is 4.90 Å². The minimum absolute atomic E-state index is 0.0464. The van der Waals surface area contributed by atoms with E-state index in [0.29, 0.717) is 0 Å². The Balaban J connectivity index is 0.948. The van der Waals surface area contributed by atoms with Crippen LogP contribution in [-0.4, -0.2) is 4.98 Å². The van der Waals surface area contributed by atoms with Gasteiger partial charge in [-0.05, 0) is 190 Å². The third kappa shape index (κ3) is 6.11. The zero-order chi connectivity index (χ0) is 40.7. The molecule has 0 N–H and O–H groups in total. The molecule has 2 nitrogen and oxygen atoms in total. The number of aromatic nitrogens is 1. The van der Waals surface area contributed by atoms with Crippen molar-refractivity contribution in [3.05, 3.63) is 191 Å². The van der Waals surface area contributed by atoms with Crippen LogP contribution in [-0.2, 0) is 5.41 Å². The van der Waals surface area contributed by atoms with Crippen LogP contribution in [0.1, 0.15) is 78.8 Å². The minimum atomic E-state index is -0.0464. The van der Waals surface area contributed by atoms with Crippen LogP contribution in [0.15, 0.2) is 158 Å². The van der Waals surface area contributed by atoms with Crippen molar-refractivity contribution >= 4 is 28.0 Å². The molecule has 2 bridgehead atoms. The Morgan fingerprint density at radius 1 is 0.500 bits per heavy atom. The highest BCUT2D eigenvalue weighted by Crippen LogP contribution is 2.54. The van der Waals surface area contributed by atoms with E-state index in [1.807, 2.05) is 12.3 Å². The molecule has 2 saturated carbocycles. The summed E-state index contributed by atoms with van der Waals surface area (Å²) in [6.45, 7) is 11.5. The zero-order valence-electron chi connectivity index (χ0n) is 35.5. The molecule has 0 amide bonds. The fourth-order valence-corrected chi connectivity index (χ4v) is 11.5. The highest BCUT2D eigenvalue weighted by molar-refractivity contribution is 5.89. The van der Waals surface area contributed by atoms with Crippen molar-refractivity contribution < 1.29 is 0 Å². The Hall–Kier alpha value is -6.25. The number of aryl methyl sites for hydroxylation is 3. The number of hydrogen-bond acceptors (Lipinski definition) is 2. The number of hydrogen-bond donors (Lipinski definition) is 0. The Morgan fingerprint density at radius 3 is 1.95 bits per heavy atom. The number of fused-ring (bicyclic) bond motifs is 6. The van der Waals surface area contributed by atoms with Crippen LogP contribution in [0.25, 0.3) is 55.4 Å². The van der Waals surface area contributed by atoms with E-state index in [2.05, 4.69) is 190 Å². The summed E-state index contributed by atoms with van der Waals surface area (Å²) in [5, 5.41) is 1.15. The van der Waals surface area contributed by atoms with Crippen LogP contribution in [0.4, 0.5) is 17.1 Å². The molecule has 1 aromatic heterocycles. The molecule has 2 heteroatoms. The molecule has 0 spiro atoms. The third-order valence-electron chi connectivity index (χ3n) is 14.6. The van der Waals surface area contributed by atoms with E-state index in [0.717, 1.165) is 45.7 Å². The zero-order valence-corrected chi connectivity index (χ0v) is 35.5. The summed E-state index contributed by atoms with van der Waals surface area (Å²) in [7, 11) is 0. The molecule has 0 saturated heterocycles. The molecule has 3 aliphatic rings. The van der Waals surface area contributed by atoms with Crippen LogP contribution in [0.2, 0.25) is 0 Å². The Bertz CT molecular complexity index is 2970. The van der Waals surface area contributed by atoms with E-state index >= 15 is 0 Å². The van der Waals surface area contributed by atoms with Gasteiger partial charge in [0, 0.05) is 34.1 Å². The summed E-state index contributed by atoms with van der Waals surface area (Å²) in [6.07, 6.45) is 7.57. The second-order valence-corrected chi connectivity index (χ2v) is 18.6. The molecule has 1 heterocycles. The van der Waals surface area contributed by atoms with Crippen molar-refractivity contribution in [1.82, 2.24) is 4.98 Å². The van der Waals surface area contributed by atoms with Gasteiger partial charge in [0.1, 0.15) is 0 Å². The summed E-state index contributed by atoms with van der Waals surface area (Å²) in [6, 6.07) is 57.1. The average Bonchev–Trinajstić information content (AvgIpc) is 3.97. The fraction of sp³-hybridized carbons (Fsp3) is 0.224. The summed E-state index contributed by atoms with van der Waals surface area (Å²) >= 11 is 0. The molecule has 11 rings (SSSR count). The molecule has 3 atom stereocenters. The van der Waals surface area contributed by atoms with Crippen molar-refractivity contribution in [3.8, 4) is 44.5 Å². The van der Waals surface area contributed by atoms with Crippen molar-refractivity contribution in [2.45, 2.75) is 71.6 Å². The summed E-state index contributed by atoms with van der Waals surface area (Å²) < 4.78 is 0. The standard InChI is InChI=1S/C58H52N2/c1-36-29-43(53-33-39-12-13-44(53)32-39)16-23-49(36)42-17-24-50(37(2)30-42)51-25-21-47(31-38(51)3)60(48-22-26-56-54(35-48)52-10-6-7-11-55(52)58(56,4)5)46-19-14-40(15-20-46)41-18-27-57-45(34-41)9-8-28-59-57/h6-11,14-31,34-35,39,44,53H,12-13,32-33H2,1-5H3. The SMILES string of the molecule is Cc1cc(C2CC3CCC2C3)ccc1-c1ccc(-c2ccc(N(c3ccc(-c4ccc5ncccc5c4)cc3)c3ccc4c(c3)-c3ccccc3C4(C)C)cc2C)c(C)c1. The van der Waals surface area contributed by atoms with Crippen molar-refractivity contribution in [3.63, 3.8) is 0 Å². The van der Waals surface area contributed by atoms with Gasteiger partial charge >= 0.3 is 0 Å². The Kier molecular flexibility index (Phi) is 8.71. The van der Waals surface area contributed by atoms with Crippen LogP contribution in [0, 0.1) is 32.6 Å². The summed E-state index contributed by atoms with van der Waals surface area (Å²) in [5.74, 6) is 2.63. The van der Waals surface area contributed by atoms with Gasteiger partial charge in [-0.1, -0.05) is 117 Å². The molecule has 7 aromatic carbocycles. The Labute approximate surface area is 355 Å². The van der Waals surface area contributed by atoms with Crippen molar-refractivity contribution in [2.24, 2.45) is 11.8 Å². The topological polar surface area (TPSA) is 16.1 Å². The normalized spacial score (nSPS) is 18.4. The van der Waals surface area contributed by atoms with Gasteiger partial charge in [-0.25, -0.2) is 0 Å². The number of benzene rings is 7. The lowest BCUT2D eigenvalue weighted by Crippen LogP contribution is -2.15. The van der Waals surface area contributed by atoms with E-state index in [1.165, 1.54) is 98.0 Å². The second kappa shape index (κ2) is 14.2. The molecule has 3 aliphatic carbocycles.